The van der Waals surface area contributed by atoms with Crippen LogP contribution in [0, 0.1) is 22.7 Å². The molecule has 0 spiro atoms. The molecule has 0 aromatic rings. The number of nitrogens with one attached hydrogen (secondary N) is 1. The van der Waals surface area contributed by atoms with Crippen LogP contribution in [0.1, 0.15) is 46.5 Å². The van der Waals surface area contributed by atoms with Crippen LogP contribution in [0.3, 0.4) is 0 Å². The van der Waals surface area contributed by atoms with E-state index < -0.39 is 0 Å². The molecule has 2 atom stereocenters. The SMILES string of the molecule is CC1CCCC(NCC(C)(C)C#N)C1. The average molecular weight is 194 g/mol. The van der Waals surface area contributed by atoms with Crippen LogP contribution in [0.2, 0.25) is 0 Å². The van der Waals surface area contributed by atoms with Gasteiger partial charge in [0.05, 0.1) is 11.5 Å². The molecular formula is C12H22N2. The quantitative estimate of drug-likeness (QED) is 0.750. The van der Waals surface area contributed by atoms with Gasteiger partial charge in [-0.15, -0.1) is 0 Å². The summed E-state index contributed by atoms with van der Waals surface area (Å²) in [4.78, 5) is 0. The van der Waals surface area contributed by atoms with Crippen LogP contribution in [0.15, 0.2) is 0 Å². The van der Waals surface area contributed by atoms with Crippen molar-refractivity contribution in [3.8, 4) is 6.07 Å². The Morgan fingerprint density at radius 3 is 2.71 bits per heavy atom. The molecule has 0 aromatic heterocycles. The first-order valence-electron chi connectivity index (χ1n) is 5.68. The van der Waals surface area contributed by atoms with Crippen LogP contribution in [0.4, 0.5) is 0 Å². The zero-order valence-corrected chi connectivity index (χ0v) is 9.64. The Bertz CT molecular complexity index is 215. The van der Waals surface area contributed by atoms with Crippen LogP contribution in [0.25, 0.3) is 0 Å². The lowest BCUT2D eigenvalue weighted by atomic mass is 9.86. The second kappa shape index (κ2) is 4.79. The molecule has 0 saturated heterocycles. The van der Waals surface area contributed by atoms with Gasteiger partial charge in [-0.1, -0.05) is 19.8 Å². The van der Waals surface area contributed by atoms with E-state index in [-0.39, 0.29) is 5.41 Å². The highest BCUT2D eigenvalue weighted by molar-refractivity contribution is 4.94. The van der Waals surface area contributed by atoms with Gasteiger partial charge >= 0.3 is 0 Å². The Morgan fingerprint density at radius 2 is 2.14 bits per heavy atom. The predicted octanol–water partition coefficient (Wildman–Crippen LogP) is 2.70. The van der Waals surface area contributed by atoms with Gasteiger partial charge in [0.25, 0.3) is 0 Å². The summed E-state index contributed by atoms with van der Waals surface area (Å²) in [5, 5.41) is 12.4. The standard InChI is InChI=1S/C12H22N2/c1-10-5-4-6-11(7-10)14-9-12(2,3)8-13/h10-11,14H,4-7,9H2,1-3H3. The molecule has 1 saturated carbocycles. The van der Waals surface area contributed by atoms with Crippen molar-refractivity contribution in [3.05, 3.63) is 0 Å². The number of nitriles is 1. The van der Waals surface area contributed by atoms with E-state index in [0.717, 1.165) is 12.5 Å². The molecule has 0 aromatic carbocycles. The van der Waals surface area contributed by atoms with E-state index in [0.29, 0.717) is 6.04 Å². The van der Waals surface area contributed by atoms with E-state index in [9.17, 15) is 0 Å². The van der Waals surface area contributed by atoms with Gasteiger partial charge in [-0.2, -0.15) is 5.26 Å². The van der Waals surface area contributed by atoms with Crippen LogP contribution >= 0.6 is 0 Å². The first-order chi connectivity index (χ1) is 6.53. The van der Waals surface area contributed by atoms with Crippen molar-refractivity contribution >= 4 is 0 Å². The maximum atomic E-state index is 8.89. The van der Waals surface area contributed by atoms with Crippen molar-refractivity contribution in [1.29, 1.82) is 5.26 Å². The summed E-state index contributed by atoms with van der Waals surface area (Å²) < 4.78 is 0. The fraction of sp³-hybridized carbons (Fsp3) is 0.917. The molecule has 1 aliphatic carbocycles. The van der Waals surface area contributed by atoms with Gasteiger partial charge in [0, 0.05) is 12.6 Å². The lowest BCUT2D eigenvalue weighted by molar-refractivity contribution is 0.282. The maximum absolute atomic E-state index is 8.89. The van der Waals surface area contributed by atoms with Gasteiger partial charge in [-0.05, 0) is 32.6 Å². The van der Waals surface area contributed by atoms with Gasteiger partial charge < -0.3 is 5.32 Å². The summed E-state index contributed by atoms with van der Waals surface area (Å²) >= 11 is 0. The van der Waals surface area contributed by atoms with E-state index in [1.165, 1.54) is 25.7 Å². The van der Waals surface area contributed by atoms with E-state index in [4.69, 9.17) is 5.26 Å². The van der Waals surface area contributed by atoms with Crippen molar-refractivity contribution in [3.63, 3.8) is 0 Å². The third kappa shape index (κ3) is 3.67. The summed E-state index contributed by atoms with van der Waals surface area (Å²) in [6.07, 6.45) is 5.28. The van der Waals surface area contributed by atoms with Gasteiger partial charge in [0.2, 0.25) is 0 Å². The Kier molecular flexibility index (Phi) is 3.95. The van der Waals surface area contributed by atoms with E-state index in [1.807, 2.05) is 13.8 Å². The molecule has 2 nitrogen and oxygen atoms in total. The molecule has 0 amide bonds. The number of hydrogen-bond acceptors (Lipinski definition) is 2. The molecule has 1 rings (SSSR count). The van der Waals surface area contributed by atoms with Crippen molar-refractivity contribution in [1.82, 2.24) is 5.32 Å². The van der Waals surface area contributed by atoms with Crippen molar-refractivity contribution in [2.45, 2.75) is 52.5 Å². The lowest BCUT2D eigenvalue weighted by Gasteiger charge is -2.29. The molecule has 2 heteroatoms. The van der Waals surface area contributed by atoms with Crippen LogP contribution in [0.5, 0.6) is 0 Å². The predicted molar refractivity (Wildman–Crippen MR) is 58.8 cm³/mol. The Labute approximate surface area is 87.7 Å². The minimum Gasteiger partial charge on any atom is -0.312 e. The highest BCUT2D eigenvalue weighted by atomic mass is 14.9. The highest BCUT2D eigenvalue weighted by Gasteiger charge is 2.22. The fourth-order valence-corrected chi connectivity index (χ4v) is 2.06. The van der Waals surface area contributed by atoms with Crippen LogP contribution in [-0.4, -0.2) is 12.6 Å². The van der Waals surface area contributed by atoms with Gasteiger partial charge in [0.15, 0.2) is 0 Å². The molecule has 1 aliphatic rings. The molecule has 1 fully saturated rings. The minimum atomic E-state index is -0.222. The monoisotopic (exact) mass is 194 g/mol. The van der Waals surface area contributed by atoms with E-state index in [2.05, 4.69) is 18.3 Å². The zero-order valence-electron chi connectivity index (χ0n) is 9.64. The maximum Gasteiger partial charge on any atom is 0.0697 e. The molecule has 0 radical (unpaired) electrons. The topological polar surface area (TPSA) is 35.8 Å². The summed E-state index contributed by atoms with van der Waals surface area (Å²) in [5.74, 6) is 0.853. The lowest BCUT2D eigenvalue weighted by Crippen LogP contribution is -2.39. The molecule has 0 bridgehead atoms. The zero-order chi connectivity index (χ0) is 10.6. The summed E-state index contributed by atoms with van der Waals surface area (Å²) in [6, 6.07) is 2.97. The summed E-state index contributed by atoms with van der Waals surface area (Å²) in [6.45, 7) is 7.13. The Balaban J connectivity index is 2.28. The number of nitrogens with zero attached hydrogens (tertiary/aromatic N) is 1. The average Bonchev–Trinajstić information content (AvgIpc) is 2.15. The Hall–Kier alpha value is -0.550. The van der Waals surface area contributed by atoms with E-state index in [1.54, 1.807) is 0 Å². The number of rotatable bonds is 3. The molecule has 1 N–H and O–H groups in total. The van der Waals surface area contributed by atoms with Crippen LogP contribution < -0.4 is 5.32 Å². The summed E-state index contributed by atoms with van der Waals surface area (Å²) in [5.41, 5.74) is -0.222. The third-order valence-corrected chi connectivity index (χ3v) is 3.07. The fourth-order valence-electron chi connectivity index (χ4n) is 2.06. The highest BCUT2D eigenvalue weighted by Crippen LogP contribution is 2.24. The smallest absolute Gasteiger partial charge is 0.0697 e. The second-order valence-corrected chi connectivity index (χ2v) is 5.35. The van der Waals surface area contributed by atoms with Crippen LogP contribution in [-0.2, 0) is 0 Å². The Morgan fingerprint density at radius 1 is 1.43 bits per heavy atom. The molecule has 2 unspecified atom stereocenters. The van der Waals surface area contributed by atoms with Crippen molar-refractivity contribution in [2.24, 2.45) is 11.3 Å². The first kappa shape index (κ1) is 11.5. The largest absolute Gasteiger partial charge is 0.312 e. The molecule has 80 valence electrons. The van der Waals surface area contributed by atoms with E-state index >= 15 is 0 Å². The third-order valence-electron chi connectivity index (χ3n) is 3.07. The first-order valence-corrected chi connectivity index (χ1v) is 5.68. The second-order valence-electron chi connectivity index (χ2n) is 5.35. The summed E-state index contributed by atoms with van der Waals surface area (Å²) in [7, 11) is 0. The van der Waals surface area contributed by atoms with Gasteiger partial charge in [-0.25, -0.2) is 0 Å². The van der Waals surface area contributed by atoms with Crippen molar-refractivity contribution < 1.29 is 0 Å². The van der Waals surface area contributed by atoms with Gasteiger partial charge in [0.1, 0.15) is 0 Å². The van der Waals surface area contributed by atoms with Crippen molar-refractivity contribution in [2.75, 3.05) is 6.54 Å². The molecular weight excluding hydrogens is 172 g/mol. The molecule has 0 aliphatic heterocycles. The normalized spacial score (nSPS) is 28.4. The molecule has 0 heterocycles. The van der Waals surface area contributed by atoms with Gasteiger partial charge in [-0.3, -0.25) is 0 Å². The minimum absolute atomic E-state index is 0.222. The molecule has 14 heavy (non-hydrogen) atoms. The number of hydrogen-bond donors (Lipinski definition) is 1.